The smallest absolute Gasteiger partial charge is 0.339 e. The topological polar surface area (TPSA) is 75.2 Å². The number of H-pyrrole nitrogens is 1. The fraction of sp³-hybridized carbons (Fsp3) is 0. The van der Waals surface area contributed by atoms with Crippen LogP contribution in [0.3, 0.4) is 0 Å². The Balaban J connectivity index is 1.48. The van der Waals surface area contributed by atoms with Gasteiger partial charge in [-0.3, -0.25) is 0 Å². The van der Waals surface area contributed by atoms with E-state index in [0.29, 0.717) is 21.1 Å². The number of aromatic amines is 1. The van der Waals surface area contributed by atoms with Crippen molar-refractivity contribution < 1.29 is 14.6 Å². The Labute approximate surface area is 199 Å². The predicted molar refractivity (Wildman–Crippen MR) is 130 cm³/mol. The molecule has 7 heteroatoms. The molecule has 0 saturated carbocycles. The average Bonchev–Trinajstić information content (AvgIpc) is 3.20. The Kier molecular flexibility index (Phi) is 5.50. The van der Waals surface area contributed by atoms with Crippen LogP contribution in [0.1, 0.15) is 10.4 Å². The lowest BCUT2D eigenvalue weighted by Crippen LogP contribution is -2.00. The van der Waals surface area contributed by atoms with Crippen molar-refractivity contribution in [3.05, 3.63) is 101 Å². The molecule has 0 bridgehead atoms. The van der Waals surface area contributed by atoms with Crippen molar-refractivity contribution in [2.24, 2.45) is 0 Å². The number of imidazole rings is 1. The molecule has 1 heterocycles. The zero-order valence-corrected chi connectivity index (χ0v) is 18.6. The standard InChI is InChI=1S/C26H16Cl2N2O3/c27-18-10-11-19(25(31)32)24(12-18)33-26-29-22-13-20(21(28)14-23(22)30-26)17-8-6-16(7-9-17)15-4-2-1-3-5-15/h1-14H,(H,29,30)(H,31,32). The normalized spacial score (nSPS) is 11.0. The van der Waals surface area contributed by atoms with Crippen LogP contribution in [0.2, 0.25) is 10.0 Å². The molecular weight excluding hydrogens is 459 g/mol. The number of benzene rings is 4. The van der Waals surface area contributed by atoms with Crippen molar-refractivity contribution in [1.82, 2.24) is 9.97 Å². The first-order chi connectivity index (χ1) is 16.0. The number of carbonyl (C=O) groups is 1. The second-order valence-corrected chi connectivity index (χ2v) is 8.23. The van der Waals surface area contributed by atoms with Crippen LogP contribution in [0.4, 0.5) is 0 Å². The van der Waals surface area contributed by atoms with Gasteiger partial charge in [-0.1, -0.05) is 77.8 Å². The predicted octanol–water partition coefficient (Wildman–Crippen LogP) is 7.69. The van der Waals surface area contributed by atoms with Crippen LogP contribution >= 0.6 is 23.2 Å². The molecule has 0 unspecified atom stereocenters. The van der Waals surface area contributed by atoms with Gasteiger partial charge in [-0.15, -0.1) is 0 Å². The molecule has 1 aromatic heterocycles. The molecular formula is C26H16Cl2N2O3. The Bertz CT molecular complexity index is 1480. The summed E-state index contributed by atoms with van der Waals surface area (Å²) in [7, 11) is 0. The summed E-state index contributed by atoms with van der Waals surface area (Å²) >= 11 is 12.6. The summed E-state index contributed by atoms with van der Waals surface area (Å²) in [5, 5.41) is 10.3. The molecule has 162 valence electrons. The molecule has 0 spiro atoms. The molecule has 0 fully saturated rings. The quantitative estimate of drug-likeness (QED) is 0.273. The zero-order valence-electron chi connectivity index (χ0n) is 17.0. The number of aromatic nitrogens is 2. The molecule has 2 N–H and O–H groups in total. The number of fused-ring (bicyclic) bond motifs is 1. The fourth-order valence-electron chi connectivity index (χ4n) is 3.61. The van der Waals surface area contributed by atoms with E-state index in [-0.39, 0.29) is 17.3 Å². The molecule has 5 nitrogen and oxygen atoms in total. The van der Waals surface area contributed by atoms with Gasteiger partial charge >= 0.3 is 5.97 Å². The molecule has 33 heavy (non-hydrogen) atoms. The van der Waals surface area contributed by atoms with Gasteiger partial charge < -0.3 is 14.8 Å². The third-order valence-electron chi connectivity index (χ3n) is 5.23. The number of hydrogen-bond acceptors (Lipinski definition) is 3. The monoisotopic (exact) mass is 474 g/mol. The summed E-state index contributed by atoms with van der Waals surface area (Å²) in [5.74, 6) is -1.03. The van der Waals surface area contributed by atoms with Crippen molar-refractivity contribution in [2.45, 2.75) is 0 Å². The maximum atomic E-state index is 11.5. The van der Waals surface area contributed by atoms with Gasteiger partial charge in [0.25, 0.3) is 6.01 Å². The van der Waals surface area contributed by atoms with E-state index in [2.05, 4.69) is 34.2 Å². The van der Waals surface area contributed by atoms with E-state index in [9.17, 15) is 9.90 Å². The van der Waals surface area contributed by atoms with Gasteiger partial charge in [-0.05, 0) is 41.0 Å². The minimum Gasteiger partial charge on any atom is -0.478 e. The lowest BCUT2D eigenvalue weighted by Gasteiger charge is -2.07. The average molecular weight is 475 g/mol. The van der Waals surface area contributed by atoms with Crippen LogP contribution < -0.4 is 4.74 Å². The second kappa shape index (κ2) is 8.62. The van der Waals surface area contributed by atoms with Crippen LogP contribution in [-0.4, -0.2) is 21.0 Å². The van der Waals surface area contributed by atoms with Crippen LogP contribution in [-0.2, 0) is 0 Å². The lowest BCUT2D eigenvalue weighted by molar-refractivity contribution is 0.0694. The van der Waals surface area contributed by atoms with Crippen LogP contribution in [0, 0.1) is 0 Å². The van der Waals surface area contributed by atoms with Gasteiger partial charge in [-0.2, -0.15) is 4.98 Å². The molecule has 0 amide bonds. The molecule has 0 aliphatic carbocycles. The van der Waals surface area contributed by atoms with E-state index in [1.807, 2.05) is 36.4 Å². The van der Waals surface area contributed by atoms with Crippen LogP contribution in [0.5, 0.6) is 11.8 Å². The van der Waals surface area contributed by atoms with E-state index >= 15 is 0 Å². The summed E-state index contributed by atoms with van der Waals surface area (Å²) in [5.41, 5.74) is 5.32. The van der Waals surface area contributed by atoms with Crippen molar-refractivity contribution >= 4 is 40.2 Å². The van der Waals surface area contributed by atoms with E-state index in [1.165, 1.54) is 18.2 Å². The van der Waals surface area contributed by atoms with Gasteiger partial charge in [0.15, 0.2) is 0 Å². The Morgan fingerprint density at radius 2 is 1.55 bits per heavy atom. The first-order valence-electron chi connectivity index (χ1n) is 10.0. The maximum absolute atomic E-state index is 11.5. The summed E-state index contributed by atoms with van der Waals surface area (Å²) in [6.45, 7) is 0. The zero-order chi connectivity index (χ0) is 22.9. The van der Waals surface area contributed by atoms with E-state index in [4.69, 9.17) is 27.9 Å². The highest BCUT2D eigenvalue weighted by molar-refractivity contribution is 6.34. The molecule has 0 radical (unpaired) electrons. The Hall–Kier alpha value is -3.80. The third-order valence-corrected chi connectivity index (χ3v) is 5.78. The highest BCUT2D eigenvalue weighted by Crippen LogP contribution is 2.35. The number of carboxylic acids is 1. The first-order valence-corrected chi connectivity index (χ1v) is 10.8. The van der Waals surface area contributed by atoms with E-state index < -0.39 is 5.97 Å². The summed E-state index contributed by atoms with van der Waals surface area (Å²) in [6.07, 6.45) is 0. The molecule has 0 atom stereocenters. The molecule has 4 aromatic carbocycles. The number of carboxylic acid groups (broad SMARTS) is 1. The maximum Gasteiger partial charge on any atom is 0.339 e. The minimum atomic E-state index is -1.12. The minimum absolute atomic E-state index is 0.0166. The third kappa shape index (κ3) is 4.29. The van der Waals surface area contributed by atoms with Gasteiger partial charge in [-0.25, -0.2) is 4.79 Å². The highest BCUT2D eigenvalue weighted by Gasteiger charge is 2.16. The molecule has 0 aliphatic heterocycles. The van der Waals surface area contributed by atoms with Crippen molar-refractivity contribution in [2.75, 3.05) is 0 Å². The number of nitrogens with one attached hydrogen (secondary N) is 1. The molecule has 0 aliphatic rings. The second-order valence-electron chi connectivity index (χ2n) is 7.38. The fourth-order valence-corrected chi connectivity index (χ4v) is 4.05. The lowest BCUT2D eigenvalue weighted by atomic mass is 10.00. The molecule has 5 rings (SSSR count). The van der Waals surface area contributed by atoms with E-state index in [1.54, 1.807) is 6.07 Å². The number of halogens is 2. The number of nitrogens with zero attached hydrogens (tertiary/aromatic N) is 1. The summed E-state index contributed by atoms with van der Waals surface area (Å²) in [6, 6.07) is 26.4. The number of ether oxygens (including phenoxy) is 1. The largest absolute Gasteiger partial charge is 0.478 e. The highest BCUT2D eigenvalue weighted by atomic mass is 35.5. The van der Waals surface area contributed by atoms with Crippen molar-refractivity contribution in [1.29, 1.82) is 0 Å². The van der Waals surface area contributed by atoms with E-state index in [0.717, 1.165) is 22.3 Å². The van der Waals surface area contributed by atoms with Crippen LogP contribution in [0.15, 0.2) is 84.9 Å². The van der Waals surface area contributed by atoms with Gasteiger partial charge in [0.05, 0.1) is 16.1 Å². The molecule has 0 saturated heterocycles. The SMILES string of the molecule is O=C(O)c1ccc(Cl)cc1Oc1nc2cc(-c3ccc(-c4ccccc4)cc3)c(Cl)cc2[nH]1. The number of aromatic carboxylic acids is 1. The van der Waals surface area contributed by atoms with Crippen molar-refractivity contribution in [3.63, 3.8) is 0 Å². The van der Waals surface area contributed by atoms with Gasteiger partial charge in [0.1, 0.15) is 11.3 Å². The first kappa shape index (κ1) is 21.1. The van der Waals surface area contributed by atoms with Crippen molar-refractivity contribution in [3.8, 4) is 34.0 Å². The number of rotatable bonds is 5. The Morgan fingerprint density at radius 3 is 2.27 bits per heavy atom. The van der Waals surface area contributed by atoms with Crippen LogP contribution in [0.25, 0.3) is 33.3 Å². The summed E-state index contributed by atoms with van der Waals surface area (Å²) < 4.78 is 5.71. The molecule has 5 aromatic rings. The van der Waals surface area contributed by atoms with Gasteiger partial charge in [0, 0.05) is 16.7 Å². The Morgan fingerprint density at radius 1 is 0.848 bits per heavy atom. The number of hydrogen-bond donors (Lipinski definition) is 2. The summed E-state index contributed by atoms with van der Waals surface area (Å²) in [4.78, 5) is 19.0. The van der Waals surface area contributed by atoms with Gasteiger partial charge in [0.2, 0.25) is 0 Å².